The molecule has 10 heteroatoms. The van der Waals surface area contributed by atoms with Gasteiger partial charge in [0, 0.05) is 6.54 Å². The number of nitrogens with one attached hydrogen (secondary N) is 1. The van der Waals surface area contributed by atoms with E-state index in [1.165, 1.54) is 4.68 Å². The van der Waals surface area contributed by atoms with Gasteiger partial charge < -0.3 is 5.32 Å². The van der Waals surface area contributed by atoms with Gasteiger partial charge in [-0.1, -0.05) is 0 Å². The van der Waals surface area contributed by atoms with Gasteiger partial charge >= 0.3 is 5.69 Å². The van der Waals surface area contributed by atoms with Crippen LogP contribution in [0.4, 0.5) is 5.69 Å². The number of hydrogen-bond donors (Lipinski definition) is 1. The maximum atomic E-state index is 12.3. The number of aromatic nitrogens is 4. The van der Waals surface area contributed by atoms with E-state index < -0.39 is 11.0 Å². The lowest BCUT2D eigenvalue weighted by Gasteiger charge is -2.14. The third kappa shape index (κ3) is 3.41. The average Bonchev–Trinajstić information content (AvgIpc) is 3.07. The van der Waals surface area contributed by atoms with E-state index in [-0.39, 0.29) is 11.6 Å². The number of halogens is 1. The average molecular weight is 385 g/mol. The van der Waals surface area contributed by atoms with Gasteiger partial charge in [0.1, 0.15) is 17.9 Å². The Bertz CT molecular complexity index is 738. The molecule has 2 aromatic rings. The molecule has 0 bridgehead atoms. The minimum Gasteiger partial charge on any atom is -0.349 e. The van der Waals surface area contributed by atoms with E-state index in [1.54, 1.807) is 24.7 Å². The molecule has 0 aliphatic heterocycles. The third-order valence-corrected chi connectivity index (χ3v) is 4.25. The fourth-order valence-corrected chi connectivity index (χ4v) is 2.69. The molecule has 2 rings (SSSR count). The van der Waals surface area contributed by atoms with Gasteiger partial charge in [0.15, 0.2) is 0 Å². The number of carbonyl (C=O) groups excluding carboxylic acids is 1. The zero-order valence-corrected chi connectivity index (χ0v) is 14.6. The minimum atomic E-state index is -0.652. The molecular weight excluding hydrogens is 368 g/mol. The number of aryl methyl sites for hydroxylation is 1. The maximum absolute atomic E-state index is 12.3. The van der Waals surface area contributed by atoms with Crippen LogP contribution >= 0.6 is 15.9 Å². The molecule has 0 aliphatic rings. The van der Waals surface area contributed by atoms with Gasteiger partial charge in [-0.3, -0.25) is 24.3 Å². The van der Waals surface area contributed by atoms with E-state index in [0.717, 1.165) is 16.4 Å². The van der Waals surface area contributed by atoms with E-state index in [9.17, 15) is 14.9 Å². The third-order valence-electron chi connectivity index (χ3n) is 3.59. The summed E-state index contributed by atoms with van der Waals surface area (Å²) >= 11 is 3.39. The van der Waals surface area contributed by atoms with E-state index in [2.05, 4.69) is 31.4 Å². The monoisotopic (exact) mass is 384 g/mol. The molecule has 0 aromatic carbocycles. The first-order valence-electron chi connectivity index (χ1n) is 7.03. The molecule has 0 aliphatic carbocycles. The summed E-state index contributed by atoms with van der Waals surface area (Å²) in [5.74, 6) is -0.276. The highest BCUT2D eigenvalue weighted by molar-refractivity contribution is 9.10. The van der Waals surface area contributed by atoms with Gasteiger partial charge in [0.2, 0.25) is 5.91 Å². The molecule has 2 aromatic heterocycles. The first-order chi connectivity index (χ1) is 10.9. The van der Waals surface area contributed by atoms with Crippen molar-refractivity contribution < 1.29 is 9.72 Å². The molecule has 0 saturated heterocycles. The zero-order chi connectivity index (χ0) is 17.1. The van der Waals surface area contributed by atoms with Crippen molar-refractivity contribution in [2.24, 2.45) is 0 Å². The SMILES string of the molecule is CCn1ncc(Br)c1CNC(=O)C(C)n1ncc([N+](=O)[O-])c1C. The zero-order valence-electron chi connectivity index (χ0n) is 13.0. The maximum Gasteiger partial charge on any atom is 0.309 e. The second-order valence-electron chi connectivity index (χ2n) is 4.97. The smallest absolute Gasteiger partial charge is 0.309 e. The van der Waals surface area contributed by atoms with Gasteiger partial charge in [0.05, 0.1) is 27.8 Å². The van der Waals surface area contributed by atoms with Crippen LogP contribution < -0.4 is 5.32 Å². The largest absolute Gasteiger partial charge is 0.349 e. The molecule has 1 amide bonds. The van der Waals surface area contributed by atoms with Crippen LogP contribution in [-0.4, -0.2) is 30.4 Å². The van der Waals surface area contributed by atoms with Crippen molar-refractivity contribution >= 4 is 27.5 Å². The molecule has 124 valence electrons. The lowest BCUT2D eigenvalue weighted by atomic mass is 10.3. The molecule has 2 heterocycles. The Kier molecular flexibility index (Phi) is 5.14. The van der Waals surface area contributed by atoms with E-state index in [1.807, 2.05) is 6.92 Å². The highest BCUT2D eigenvalue weighted by Gasteiger charge is 2.23. The second-order valence-corrected chi connectivity index (χ2v) is 5.82. The van der Waals surface area contributed by atoms with Crippen LogP contribution in [0.2, 0.25) is 0 Å². The Labute approximate surface area is 140 Å². The molecule has 23 heavy (non-hydrogen) atoms. The lowest BCUT2D eigenvalue weighted by Crippen LogP contribution is -2.32. The number of carbonyl (C=O) groups is 1. The number of amides is 1. The molecule has 0 saturated carbocycles. The molecule has 0 fully saturated rings. The van der Waals surface area contributed by atoms with Crippen molar-refractivity contribution in [1.82, 2.24) is 24.9 Å². The van der Waals surface area contributed by atoms with Gasteiger partial charge in [0.25, 0.3) is 0 Å². The van der Waals surface area contributed by atoms with Crippen LogP contribution in [0.25, 0.3) is 0 Å². The summed E-state index contributed by atoms with van der Waals surface area (Å²) in [5.41, 5.74) is 1.10. The van der Waals surface area contributed by atoms with Gasteiger partial charge in [-0.25, -0.2) is 0 Å². The predicted molar refractivity (Wildman–Crippen MR) is 85.8 cm³/mol. The summed E-state index contributed by atoms with van der Waals surface area (Å²) < 4.78 is 3.94. The van der Waals surface area contributed by atoms with Crippen molar-refractivity contribution in [2.75, 3.05) is 0 Å². The van der Waals surface area contributed by atoms with Crippen molar-refractivity contribution in [3.05, 3.63) is 38.4 Å². The Hall–Kier alpha value is -2.23. The van der Waals surface area contributed by atoms with Crippen LogP contribution in [0.15, 0.2) is 16.9 Å². The number of nitro groups is 1. The van der Waals surface area contributed by atoms with Crippen LogP contribution in [-0.2, 0) is 17.9 Å². The van der Waals surface area contributed by atoms with E-state index >= 15 is 0 Å². The van der Waals surface area contributed by atoms with Crippen LogP contribution in [0.5, 0.6) is 0 Å². The normalized spacial score (nSPS) is 12.2. The summed E-state index contributed by atoms with van der Waals surface area (Å²) in [6, 6.07) is -0.652. The second kappa shape index (κ2) is 6.90. The molecule has 1 N–H and O–H groups in total. The first kappa shape index (κ1) is 17.1. The highest BCUT2D eigenvalue weighted by Crippen LogP contribution is 2.20. The molecule has 0 spiro atoms. The Morgan fingerprint density at radius 2 is 2.17 bits per heavy atom. The Balaban J connectivity index is 2.09. The number of hydrogen-bond acceptors (Lipinski definition) is 5. The number of rotatable bonds is 6. The molecule has 1 unspecified atom stereocenters. The minimum absolute atomic E-state index is 0.101. The predicted octanol–water partition coefficient (Wildman–Crippen LogP) is 1.96. The van der Waals surface area contributed by atoms with Crippen molar-refractivity contribution in [2.45, 2.75) is 39.9 Å². The van der Waals surface area contributed by atoms with E-state index in [0.29, 0.717) is 18.8 Å². The number of nitrogens with zero attached hydrogens (tertiary/aromatic N) is 5. The fraction of sp³-hybridized carbons (Fsp3) is 0.462. The molecular formula is C13H17BrN6O3. The molecule has 0 radical (unpaired) electrons. The summed E-state index contributed by atoms with van der Waals surface area (Å²) in [4.78, 5) is 22.6. The standard InChI is InChI=1S/C13H17BrN6O3/c1-4-18-12(10(14)5-16-18)6-15-13(21)9(3)19-8(2)11(7-17-19)20(22)23/h5,7,9H,4,6H2,1-3H3,(H,15,21). The Morgan fingerprint density at radius 1 is 1.48 bits per heavy atom. The Morgan fingerprint density at radius 3 is 2.74 bits per heavy atom. The fourth-order valence-electron chi connectivity index (χ4n) is 2.25. The summed E-state index contributed by atoms with van der Waals surface area (Å²) in [7, 11) is 0. The lowest BCUT2D eigenvalue weighted by molar-refractivity contribution is -0.385. The van der Waals surface area contributed by atoms with E-state index in [4.69, 9.17) is 0 Å². The van der Waals surface area contributed by atoms with Crippen molar-refractivity contribution in [3.63, 3.8) is 0 Å². The summed E-state index contributed by atoms with van der Waals surface area (Å²) in [6.45, 7) is 6.17. The van der Waals surface area contributed by atoms with Gasteiger partial charge in [-0.2, -0.15) is 10.2 Å². The van der Waals surface area contributed by atoms with Crippen LogP contribution in [0.1, 0.15) is 31.3 Å². The van der Waals surface area contributed by atoms with Crippen LogP contribution in [0, 0.1) is 17.0 Å². The topological polar surface area (TPSA) is 108 Å². The first-order valence-corrected chi connectivity index (χ1v) is 7.82. The van der Waals surface area contributed by atoms with Crippen molar-refractivity contribution in [3.8, 4) is 0 Å². The summed E-state index contributed by atoms with van der Waals surface area (Å²) in [5, 5.41) is 21.8. The highest BCUT2D eigenvalue weighted by atomic mass is 79.9. The molecule has 1 atom stereocenters. The molecule has 9 nitrogen and oxygen atoms in total. The van der Waals surface area contributed by atoms with Gasteiger partial charge in [-0.05, 0) is 36.7 Å². The van der Waals surface area contributed by atoms with Crippen molar-refractivity contribution in [1.29, 1.82) is 0 Å². The quantitative estimate of drug-likeness (QED) is 0.604. The summed E-state index contributed by atoms with van der Waals surface area (Å²) in [6.07, 6.45) is 2.83. The van der Waals surface area contributed by atoms with Gasteiger partial charge in [-0.15, -0.1) is 0 Å². The van der Waals surface area contributed by atoms with Crippen LogP contribution in [0.3, 0.4) is 0 Å².